The Kier molecular flexibility index (Phi) is 4.65. The molecule has 1 aromatic rings. The van der Waals surface area contributed by atoms with Crippen LogP contribution in [0.15, 0.2) is 18.2 Å². The highest BCUT2D eigenvalue weighted by molar-refractivity contribution is 5.81. The maximum Gasteiger partial charge on any atom is 0.237 e. The number of amides is 1. The molecule has 2 atom stereocenters. The minimum atomic E-state index is -0.0985. The predicted molar refractivity (Wildman–Crippen MR) is 82.3 cm³/mol. The van der Waals surface area contributed by atoms with E-state index in [0.717, 1.165) is 31.6 Å². The molecule has 1 amide bonds. The van der Waals surface area contributed by atoms with Gasteiger partial charge in [-0.25, -0.2) is 0 Å². The number of nitrogens with zero attached hydrogens (tertiary/aromatic N) is 1. The van der Waals surface area contributed by atoms with E-state index < -0.39 is 0 Å². The van der Waals surface area contributed by atoms with E-state index in [-0.39, 0.29) is 18.0 Å². The Morgan fingerprint density at radius 2 is 2.15 bits per heavy atom. The Labute approximate surface area is 121 Å². The first-order chi connectivity index (χ1) is 9.51. The number of carbonyl (C=O) groups excluding carboxylic acids is 1. The molecule has 20 heavy (non-hydrogen) atoms. The summed E-state index contributed by atoms with van der Waals surface area (Å²) >= 11 is 0. The lowest BCUT2D eigenvalue weighted by molar-refractivity contribution is -0.126. The van der Waals surface area contributed by atoms with Gasteiger partial charge in [0.2, 0.25) is 5.91 Å². The van der Waals surface area contributed by atoms with Gasteiger partial charge in [0.05, 0.1) is 6.04 Å². The van der Waals surface area contributed by atoms with Gasteiger partial charge in [0, 0.05) is 24.8 Å². The molecule has 0 bridgehead atoms. The summed E-state index contributed by atoms with van der Waals surface area (Å²) in [6.07, 6.45) is 1.94. The van der Waals surface area contributed by atoms with Crippen LogP contribution in [0.2, 0.25) is 0 Å². The summed E-state index contributed by atoms with van der Waals surface area (Å²) in [6.45, 7) is 7.82. The molecule has 110 valence electrons. The lowest BCUT2D eigenvalue weighted by Crippen LogP contribution is -2.48. The summed E-state index contributed by atoms with van der Waals surface area (Å²) in [5.41, 5.74) is 9.24. The van der Waals surface area contributed by atoms with Gasteiger partial charge in [-0.2, -0.15) is 0 Å². The van der Waals surface area contributed by atoms with Crippen LogP contribution >= 0.6 is 0 Å². The van der Waals surface area contributed by atoms with E-state index in [4.69, 9.17) is 5.73 Å². The minimum Gasteiger partial charge on any atom is -0.399 e. The van der Waals surface area contributed by atoms with Crippen molar-refractivity contribution in [2.24, 2.45) is 0 Å². The van der Waals surface area contributed by atoms with Crippen molar-refractivity contribution >= 4 is 11.6 Å². The van der Waals surface area contributed by atoms with Crippen LogP contribution in [0.1, 0.15) is 38.3 Å². The zero-order valence-corrected chi connectivity index (χ0v) is 12.6. The van der Waals surface area contributed by atoms with Crippen LogP contribution in [-0.4, -0.2) is 29.4 Å². The van der Waals surface area contributed by atoms with Gasteiger partial charge >= 0.3 is 0 Å². The largest absolute Gasteiger partial charge is 0.399 e. The second kappa shape index (κ2) is 6.27. The topological polar surface area (TPSA) is 58.4 Å². The quantitative estimate of drug-likeness (QED) is 0.826. The molecule has 0 aliphatic carbocycles. The molecule has 4 nitrogen and oxygen atoms in total. The molecule has 0 saturated heterocycles. The fourth-order valence-electron chi connectivity index (χ4n) is 2.56. The number of hydrogen-bond acceptors (Lipinski definition) is 3. The summed E-state index contributed by atoms with van der Waals surface area (Å²) in [5.74, 6) is 0.117. The number of fused-ring (bicyclic) bond motifs is 1. The lowest BCUT2D eigenvalue weighted by atomic mass is 9.98. The highest BCUT2D eigenvalue weighted by atomic mass is 16.2. The predicted octanol–water partition coefficient (Wildman–Crippen LogP) is 1.93. The summed E-state index contributed by atoms with van der Waals surface area (Å²) in [7, 11) is 0. The molecular weight excluding hydrogens is 250 g/mol. The van der Waals surface area contributed by atoms with Gasteiger partial charge in [-0.05, 0) is 49.9 Å². The molecule has 0 saturated carbocycles. The van der Waals surface area contributed by atoms with Crippen molar-refractivity contribution < 1.29 is 4.79 Å². The molecule has 0 aromatic heterocycles. The first-order valence-corrected chi connectivity index (χ1v) is 7.43. The first kappa shape index (κ1) is 14.9. The van der Waals surface area contributed by atoms with Gasteiger partial charge in [-0.1, -0.05) is 13.0 Å². The molecular formula is C16H25N3O. The third kappa shape index (κ3) is 3.31. The number of nitrogens with one attached hydrogen (secondary N) is 1. The smallest absolute Gasteiger partial charge is 0.237 e. The van der Waals surface area contributed by atoms with E-state index in [1.165, 1.54) is 11.1 Å². The molecule has 4 heteroatoms. The molecule has 1 aliphatic rings. The summed E-state index contributed by atoms with van der Waals surface area (Å²) in [4.78, 5) is 14.4. The second-order valence-electron chi connectivity index (χ2n) is 5.74. The van der Waals surface area contributed by atoms with Crippen LogP contribution < -0.4 is 11.1 Å². The van der Waals surface area contributed by atoms with E-state index >= 15 is 0 Å². The third-order valence-corrected chi connectivity index (χ3v) is 4.20. The Balaban J connectivity index is 2.02. The first-order valence-electron chi connectivity index (χ1n) is 7.43. The molecule has 1 aliphatic heterocycles. The van der Waals surface area contributed by atoms with Crippen molar-refractivity contribution in [1.82, 2.24) is 10.2 Å². The van der Waals surface area contributed by atoms with Crippen molar-refractivity contribution in [3.05, 3.63) is 29.3 Å². The van der Waals surface area contributed by atoms with Gasteiger partial charge < -0.3 is 11.1 Å². The summed E-state index contributed by atoms with van der Waals surface area (Å²) in [6, 6.07) is 6.22. The molecule has 3 N–H and O–H groups in total. The fraction of sp³-hybridized carbons (Fsp3) is 0.562. The Bertz CT molecular complexity index is 487. The Morgan fingerprint density at radius 3 is 2.85 bits per heavy atom. The van der Waals surface area contributed by atoms with Crippen LogP contribution in [0.25, 0.3) is 0 Å². The number of nitrogens with two attached hydrogens (primary N) is 1. The van der Waals surface area contributed by atoms with E-state index in [0.29, 0.717) is 0 Å². The van der Waals surface area contributed by atoms with Gasteiger partial charge in [0.15, 0.2) is 0 Å². The number of anilines is 1. The van der Waals surface area contributed by atoms with Crippen LogP contribution in [0.4, 0.5) is 5.69 Å². The molecule has 0 fully saturated rings. The fourth-order valence-corrected chi connectivity index (χ4v) is 2.56. The number of rotatable bonds is 4. The van der Waals surface area contributed by atoms with Crippen LogP contribution in [0.3, 0.4) is 0 Å². The van der Waals surface area contributed by atoms with Crippen molar-refractivity contribution in [3.8, 4) is 0 Å². The summed E-state index contributed by atoms with van der Waals surface area (Å²) in [5, 5.41) is 3.06. The SMILES string of the molecule is CCC(C)NC(=O)C(C)N1CCc2ccc(N)cc2C1. The zero-order chi connectivity index (χ0) is 14.7. The zero-order valence-electron chi connectivity index (χ0n) is 12.6. The van der Waals surface area contributed by atoms with Crippen LogP contribution in [0.5, 0.6) is 0 Å². The summed E-state index contributed by atoms with van der Waals surface area (Å²) < 4.78 is 0. The molecule has 2 unspecified atom stereocenters. The standard InChI is InChI=1S/C16H25N3O/c1-4-11(2)18-16(20)12(3)19-8-7-13-5-6-15(17)9-14(13)10-19/h5-6,9,11-12H,4,7-8,10,17H2,1-3H3,(H,18,20). The van der Waals surface area contributed by atoms with E-state index in [9.17, 15) is 4.79 Å². The minimum absolute atomic E-state index is 0.0985. The van der Waals surface area contributed by atoms with Gasteiger partial charge in [-0.3, -0.25) is 9.69 Å². The van der Waals surface area contributed by atoms with Crippen molar-refractivity contribution in [3.63, 3.8) is 0 Å². The number of nitrogen functional groups attached to an aromatic ring is 1. The lowest BCUT2D eigenvalue weighted by Gasteiger charge is -2.33. The maximum absolute atomic E-state index is 12.2. The number of hydrogen-bond donors (Lipinski definition) is 2. The van der Waals surface area contributed by atoms with Crippen LogP contribution in [0, 0.1) is 0 Å². The molecule has 0 radical (unpaired) electrons. The van der Waals surface area contributed by atoms with E-state index in [1.54, 1.807) is 0 Å². The third-order valence-electron chi connectivity index (χ3n) is 4.20. The molecule has 1 heterocycles. The Morgan fingerprint density at radius 1 is 1.40 bits per heavy atom. The van der Waals surface area contributed by atoms with Gasteiger partial charge in [0.1, 0.15) is 0 Å². The van der Waals surface area contributed by atoms with Crippen molar-refractivity contribution in [2.45, 2.75) is 52.2 Å². The normalized spacial score (nSPS) is 18.1. The molecule has 0 spiro atoms. The maximum atomic E-state index is 12.2. The molecule has 1 aromatic carbocycles. The number of benzene rings is 1. The van der Waals surface area contributed by atoms with Gasteiger partial charge in [-0.15, -0.1) is 0 Å². The monoisotopic (exact) mass is 275 g/mol. The average Bonchev–Trinajstić information content (AvgIpc) is 2.45. The average molecular weight is 275 g/mol. The van der Waals surface area contributed by atoms with E-state index in [1.807, 2.05) is 26.0 Å². The number of carbonyl (C=O) groups is 1. The van der Waals surface area contributed by atoms with Crippen molar-refractivity contribution in [2.75, 3.05) is 12.3 Å². The Hall–Kier alpha value is -1.55. The molecule has 2 rings (SSSR count). The van der Waals surface area contributed by atoms with Crippen molar-refractivity contribution in [1.29, 1.82) is 0 Å². The highest BCUT2D eigenvalue weighted by Gasteiger charge is 2.25. The van der Waals surface area contributed by atoms with E-state index in [2.05, 4.69) is 23.2 Å². The highest BCUT2D eigenvalue weighted by Crippen LogP contribution is 2.22. The van der Waals surface area contributed by atoms with Crippen LogP contribution in [-0.2, 0) is 17.8 Å². The second-order valence-corrected chi connectivity index (χ2v) is 5.74. The van der Waals surface area contributed by atoms with Gasteiger partial charge in [0.25, 0.3) is 0 Å².